The van der Waals surface area contributed by atoms with E-state index in [4.69, 9.17) is 4.74 Å². The zero-order chi connectivity index (χ0) is 19.7. The van der Waals surface area contributed by atoms with Crippen LogP contribution < -0.4 is 10.1 Å². The van der Waals surface area contributed by atoms with Gasteiger partial charge in [-0.15, -0.1) is 0 Å². The van der Waals surface area contributed by atoms with Gasteiger partial charge in [-0.2, -0.15) is 0 Å². The van der Waals surface area contributed by atoms with Crippen molar-refractivity contribution in [3.8, 4) is 17.2 Å². The van der Waals surface area contributed by atoms with Crippen molar-refractivity contribution in [1.29, 1.82) is 0 Å². The van der Waals surface area contributed by atoms with Crippen molar-refractivity contribution >= 4 is 5.78 Å². The second-order valence-corrected chi connectivity index (χ2v) is 8.89. The molecule has 4 heteroatoms. The Balaban J connectivity index is 1.69. The number of nitrogens with one attached hydrogen (secondary N) is 1. The highest BCUT2D eigenvalue weighted by Crippen LogP contribution is 2.36. The lowest BCUT2D eigenvalue weighted by atomic mass is 9.74. The molecule has 1 aliphatic heterocycles. The highest BCUT2D eigenvalue weighted by atomic mass is 16.5. The molecule has 0 radical (unpaired) electrons. The first-order valence-electron chi connectivity index (χ1n) is 9.52. The summed E-state index contributed by atoms with van der Waals surface area (Å²) < 4.78 is 5.68. The number of hydrogen-bond donors (Lipinski definition) is 2. The summed E-state index contributed by atoms with van der Waals surface area (Å²) >= 11 is 0. The van der Waals surface area contributed by atoms with Gasteiger partial charge in [0.15, 0.2) is 17.3 Å². The van der Waals surface area contributed by atoms with Gasteiger partial charge >= 0.3 is 0 Å². The molecule has 0 aromatic heterocycles. The molecule has 0 amide bonds. The molecule has 1 fully saturated rings. The topological polar surface area (TPSA) is 58.6 Å². The lowest BCUT2D eigenvalue weighted by molar-refractivity contribution is 0.0864. The lowest BCUT2D eigenvalue weighted by Gasteiger charge is -2.46. The number of carbonyl (C=O) groups is 1. The average Bonchev–Trinajstić information content (AvgIpc) is 2.54. The summed E-state index contributed by atoms with van der Waals surface area (Å²) in [6.45, 7) is 8.75. The number of rotatable bonds is 5. The number of hydrogen-bond acceptors (Lipinski definition) is 4. The molecule has 2 aromatic carbocycles. The fourth-order valence-corrected chi connectivity index (χ4v) is 4.45. The van der Waals surface area contributed by atoms with Gasteiger partial charge in [0.25, 0.3) is 0 Å². The zero-order valence-corrected chi connectivity index (χ0v) is 16.6. The SMILES string of the molecule is CC1(C)CC(CC(=O)c2ccc(Oc3ccccc3)c(O)c2)CC(C)(C)N1. The Morgan fingerprint density at radius 2 is 1.70 bits per heavy atom. The van der Waals surface area contributed by atoms with Crippen molar-refractivity contribution in [3.63, 3.8) is 0 Å². The standard InChI is InChI=1S/C23H29NO3/c1-22(2)14-16(15-23(3,4)24-22)12-19(25)17-10-11-21(20(26)13-17)27-18-8-6-5-7-9-18/h5-11,13,16,24,26H,12,14-15H2,1-4H3. The molecule has 0 spiro atoms. The lowest BCUT2D eigenvalue weighted by Crippen LogP contribution is -2.57. The molecule has 1 aliphatic rings. The number of ether oxygens (including phenoxy) is 1. The molecule has 0 bridgehead atoms. The highest BCUT2D eigenvalue weighted by molar-refractivity contribution is 5.96. The van der Waals surface area contributed by atoms with E-state index in [9.17, 15) is 9.90 Å². The van der Waals surface area contributed by atoms with E-state index in [0.29, 0.717) is 29.4 Å². The van der Waals surface area contributed by atoms with Gasteiger partial charge in [-0.1, -0.05) is 18.2 Å². The van der Waals surface area contributed by atoms with Crippen LogP contribution in [0.1, 0.15) is 57.3 Å². The van der Waals surface area contributed by atoms with Gasteiger partial charge in [0, 0.05) is 23.1 Å². The summed E-state index contributed by atoms with van der Waals surface area (Å²) in [5.74, 6) is 1.37. The predicted molar refractivity (Wildman–Crippen MR) is 108 cm³/mol. The molecule has 144 valence electrons. The highest BCUT2D eigenvalue weighted by Gasteiger charge is 2.38. The maximum atomic E-state index is 12.8. The van der Waals surface area contributed by atoms with Gasteiger partial charge in [-0.3, -0.25) is 4.79 Å². The van der Waals surface area contributed by atoms with Crippen molar-refractivity contribution in [2.45, 2.75) is 58.0 Å². The van der Waals surface area contributed by atoms with Gasteiger partial charge in [-0.25, -0.2) is 0 Å². The first-order chi connectivity index (χ1) is 12.6. The summed E-state index contributed by atoms with van der Waals surface area (Å²) in [5, 5.41) is 13.9. The van der Waals surface area contributed by atoms with Crippen molar-refractivity contribution in [2.24, 2.45) is 5.92 Å². The second-order valence-electron chi connectivity index (χ2n) is 8.89. The summed E-state index contributed by atoms with van der Waals surface area (Å²) in [5.41, 5.74) is 0.562. The van der Waals surface area contributed by atoms with Crippen LogP contribution in [0.25, 0.3) is 0 Å². The third kappa shape index (κ3) is 5.10. The van der Waals surface area contributed by atoms with Crippen LogP contribution in [0.15, 0.2) is 48.5 Å². The van der Waals surface area contributed by atoms with Crippen LogP contribution in [0.4, 0.5) is 0 Å². The Labute approximate surface area is 161 Å². The number of phenols is 1. The normalized spacial score (nSPS) is 18.8. The van der Waals surface area contributed by atoms with E-state index in [-0.39, 0.29) is 22.6 Å². The smallest absolute Gasteiger partial charge is 0.169 e. The van der Waals surface area contributed by atoms with E-state index in [1.54, 1.807) is 12.1 Å². The number of ketones is 1. The fourth-order valence-electron chi connectivity index (χ4n) is 4.45. The number of benzene rings is 2. The van der Waals surface area contributed by atoms with Crippen LogP contribution in [-0.4, -0.2) is 22.0 Å². The third-order valence-electron chi connectivity index (χ3n) is 5.00. The van der Waals surface area contributed by atoms with Crippen molar-refractivity contribution in [1.82, 2.24) is 5.32 Å². The van der Waals surface area contributed by atoms with Crippen molar-refractivity contribution in [3.05, 3.63) is 54.1 Å². The number of Topliss-reactive ketones (excluding diaryl/α,β-unsaturated/α-hetero) is 1. The zero-order valence-electron chi connectivity index (χ0n) is 16.6. The predicted octanol–water partition coefficient (Wildman–Crippen LogP) is 5.31. The molecule has 0 unspecified atom stereocenters. The van der Waals surface area contributed by atoms with Crippen LogP contribution in [0, 0.1) is 5.92 Å². The van der Waals surface area contributed by atoms with Gasteiger partial charge in [0.05, 0.1) is 0 Å². The van der Waals surface area contributed by atoms with Crippen LogP contribution in [0.3, 0.4) is 0 Å². The molecule has 4 nitrogen and oxygen atoms in total. The summed E-state index contributed by atoms with van der Waals surface area (Å²) in [6.07, 6.45) is 2.42. The molecule has 27 heavy (non-hydrogen) atoms. The number of aromatic hydroxyl groups is 1. The third-order valence-corrected chi connectivity index (χ3v) is 5.00. The minimum Gasteiger partial charge on any atom is -0.504 e. The van der Waals surface area contributed by atoms with E-state index in [1.165, 1.54) is 6.07 Å². The van der Waals surface area contributed by atoms with Gasteiger partial charge in [-0.05, 0) is 76.8 Å². The van der Waals surface area contributed by atoms with Crippen LogP contribution in [-0.2, 0) is 0 Å². The Kier molecular flexibility index (Phi) is 5.29. The Morgan fingerprint density at radius 1 is 1.07 bits per heavy atom. The van der Waals surface area contributed by atoms with Crippen molar-refractivity contribution in [2.75, 3.05) is 0 Å². The molecular weight excluding hydrogens is 338 g/mol. The maximum absolute atomic E-state index is 12.8. The first kappa shape index (κ1) is 19.4. The Hall–Kier alpha value is -2.33. The van der Waals surface area contributed by atoms with Gasteiger partial charge in [0.2, 0.25) is 0 Å². The van der Waals surface area contributed by atoms with Crippen LogP contribution >= 0.6 is 0 Å². The molecular formula is C23H29NO3. The monoisotopic (exact) mass is 367 g/mol. The fraction of sp³-hybridized carbons (Fsp3) is 0.435. The van der Waals surface area contributed by atoms with E-state index < -0.39 is 0 Å². The number of carbonyl (C=O) groups excluding carboxylic acids is 1. The van der Waals surface area contributed by atoms with Crippen LogP contribution in [0.5, 0.6) is 17.2 Å². The van der Waals surface area contributed by atoms with Gasteiger partial charge < -0.3 is 15.2 Å². The van der Waals surface area contributed by atoms with E-state index in [0.717, 1.165) is 12.8 Å². The molecule has 1 saturated heterocycles. The quantitative estimate of drug-likeness (QED) is 0.703. The van der Waals surface area contributed by atoms with E-state index in [2.05, 4.69) is 33.0 Å². The minimum atomic E-state index is -0.0179. The van der Waals surface area contributed by atoms with Crippen molar-refractivity contribution < 1.29 is 14.6 Å². The molecule has 0 atom stereocenters. The Bertz CT molecular complexity index is 796. The number of phenolic OH excluding ortho intramolecular Hbond substituents is 1. The minimum absolute atomic E-state index is 0.0161. The summed E-state index contributed by atoms with van der Waals surface area (Å²) in [7, 11) is 0. The number of para-hydroxylation sites is 1. The van der Waals surface area contributed by atoms with Crippen LogP contribution in [0.2, 0.25) is 0 Å². The summed E-state index contributed by atoms with van der Waals surface area (Å²) in [6, 6.07) is 14.2. The van der Waals surface area contributed by atoms with E-state index >= 15 is 0 Å². The molecule has 3 rings (SSSR count). The molecule has 0 saturated carbocycles. The van der Waals surface area contributed by atoms with Gasteiger partial charge in [0.1, 0.15) is 5.75 Å². The first-order valence-corrected chi connectivity index (χ1v) is 9.52. The Morgan fingerprint density at radius 3 is 2.30 bits per heavy atom. The summed E-state index contributed by atoms with van der Waals surface area (Å²) in [4.78, 5) is 12.8. The number of piperidine rings is 1. The maximum Gasteiger partial charge on any atom is 0.169 e. The average molecular weight is 367 g/mol. The molecule has 2 aromatic rings. The molecule has 1 heterocycles. The second kappa shape index (κ2) is 7.35. The largest absolute Gasteiger partial charge is 0.504 e. The van der Waals surface area contributed by atoms with E-state index in [1.807, 2.05) is 30.3 Å². The molecule has 2 N–H and O–H groups in total. The molecule has 0 aliphatic carbocycles.